The van der Waals surface area contributed by atoms with E-state index in [1.807, 2.05) is 7.05 Å². The van der Waals surface area contributed by atoms with Crippen LogP contribution in [-0.2, 0) is 6.42 Å². The van der Waals surface area contributed by atoms with Gasteiger partial charge in [-0.15, -0.1) is 0 Å². The first-order chi connectivity index (χ1) is 13.8. The Balaban J connectivity index is 1.23. The summed E-state index contributed by atoms with van der Waals surface area (Å²) in [5, 5.41) is 7.26. The molecule has 4 nitrogen and oxygen atoms in total. The highest BCUT2D eigenvalue weighted by Crippen LogP contribution is 2.47. The molecule has 4 heteroatoms. The average molecular weight is 377 g/mol. The molecule has 1 aliphatic carbocycles. The number of hydrogen-bond donors (Lipinski definition) is 2. The summed E-state index contributed by atoms with van der Waals surface area (Å²) in [4.78, 5) is 6.96. The van der Waals surface area contributed by atoms with Crippen LogP contribution in [0.5, 0.6) is 0 Å². The highest BCUT2D eigenvalue weighted by molar-refractivity contribution is 5.80. The fraction of sp³-hybridized carbons (Fsp3) is 0.458. The van der Waals surface area contributed by atoms with E-state index in [0.717, 1.165) is 44.9 Å². The van der Waals surface area contributed by atoms with Gasteiger partial charge < -0.3 is 15.5 Å². The predicted molar refractivity (Wildman–Crippen MR) is 118 cm³/mol. The van der Waals surface area contributed by atoms with E-state index in [9.17, 15) is 0 Å². The lowest BCUT2D eigenvalue weighted by Gasteiger charge is -2.34. The van der Waals surface area contributed by atoms with Crippen LogP contribution >= 0.6 is 0 Å². The normalized spacial score (nSPS) is 19.3. The van der Waals surface area contributed by atoms with Crippen LogP contribution < -0.4 is 15.5 Å². The lowest BCUT2D eigenvalue weighted by Crippen LogP contribution is -2.49. The van der Waals surface area contributed by atoms with Crippen LogP contribution in [-0.4, -0.2) is 38.7 Å². The van der Waals surface area contributed by atoms with Crippen molar-refractivity contribution in [3.8, 4) is 0 Å². The predicted octanol–water partition coefficient (Wildman–Crippen LogP) is 3.84. The Morgan fingerprint density at radius 1 is 1.00 bits per heavy atom. The topological polar surface area (TPSA) is 39.7 Å². The minimum absolute atomic E-state index is 0.412. The molecule has 2 N–H and O–H groups in total. The Labute approximate surface area is 169 Å². The van der Waals surface area contributed by atoms with Gasteiger partial charge in [-0.05, 0) is 55.2 Å². The van der Waals surface area contributed by atoms with Crippen LogP contribution in [0, 0.1) is 5.41 Å². The maximum absolute atomic E-state index is 4.48. The van der Waals surface area contributed by atoms with Crippen molar-refractivity contribution in [3.05, 3.63) is 66.2 Å². The third-order valence-corrected chi connectivity index (χ3v) is 6.19. The Bertz CT molecular complexity index is 760. The lowest BCUT2D eigenvalue weighted by molar-refractivity contribution is 0.451. The number of hydrogen-bond acceptors (Lipinski definition) is 2. The molecule has 2 aromatic carbocycles. The van der Waals surface area contributed by atoms with Gasteiger partial charge in [0.1, 0.15) is 0 Å². The molecule has 1 saturated heterocycles. The molecule has 148 valence electrons. The fourth-order valence-corrected chi connectivity index (χ4v) is 4.20. The number of benzene rings is 2. The van der Waals surface area contributed by atoms with Crippen molar-refractivity contribution in [2.24, 2.45) is 10.4 Å². The van der Waals surface area contributed by atoms with E-state index in [1.165, 1.54) is 24.1 Å². The monoisotopic (exact) mass is 376 g/mol. The number of para-hydroxylation sites is 1. The Morgan fingerprint density at radius 3 is 2.25 bits per heavy atom. The van der Waals surface area contributed by atoms with E-state index < -0.39 is 0 Å². The van der Waals surface area contributed by atoms with Crippen LogP contribution in [0.2, 0.25) is 0 Å². The van der Waals surface area contributed by atoms with Crippen molar-refractivity contribution in [3.63, 3.8) is 0 Å². The highest BCUT2D eigenvalue weighted by Gasteiger charge is 2.42. The summed E-state index contributed by atoms with van der Waals surface area (Å²) in [6, 6.07) is 22.1. The number of guanidine groups is 1. The van der Waals surface area contributed by atoms with E-state index in [-0.39, 0.29) is 0 Å². The third kappa shape index (κ3) is 4.86. The molecule has 0 unspecified atom stereocenters. The molecule has 1 aliphatic heterocycles. The first kappa shape index (κ1) is 18.9. The fourth-order valence-electron chi connectivity index (χ4n) is 4.20. The summed E-state index contributed by atoms with van der Waals surface area (Å²) in [6.45, 7) is 3.19. The molecular formula is C24H32N4. The molecule has 0 radical (unpaired) electrons. The second-order valence-corrected chi connectivity index (χ2v) is 8.33. The summed E-state index contributed by atoms with van der Waals surface area (Å²) in [5.74, 6) is 0.956. The van der Waals surface area contributed by atoms with Crippen molar-refractivity contribution < 1.29 is 0 Å². The van der Waals surface area contributed by atoms with E-state index >= 15 is 0 Å². The molecule has 2 aromatic rings. The maximum Gasteiger partial charge on any atom is 0.191 e. The molecule has 1 saturated carbocycles. The zero-order valence-electron chi connectivity index (χ0n) is 16.9. The van der Waals surface area contributed by atoms with Crippen molar-refractivity contribution in [1.29, 1.82) is 0 Å². The van der Waals surface area contributed by atoms with Gasteiger partial charge in [0.05, 0.1) is 0 Å². The molecule has 0 atom stereocenters. The third-order valence-electron chi connectivity index (χ3n) is 6.19. The number of nitrogens with zero attached hydrogens (tertiary/aromatic N) is 2. The zero-order chi connectivity index (χ0) is 19.2. The van der Waals surface area contributed by atoms with Crippen LogP contribution in [0.3, 0.4) is 0 Å². The maximum atomic E-state index is 4.48. The van der Waals surface area contributed by atoms with Crippen molar-refractivity contribution in [2.75, 3.05) is 31.6 Å². The number of piperidine rings is 1. The summed E-state index contributed by atoms with van der Waals surface area (Å²) < 4.78 is 0. The van der Waals surface area contributed by atoms with Gasteiger partial charge in [0, 0.05) is 38.4 Å². The van der Waals surface area contributed by atoms with Crippen LogP contribution in [0.25, 0.3) is 0 Å². The zero-order valence-corrected chi connectivity index (χ0v) is 16.9. The smallest absolute Gasteiger partial charge is 0.191 e. The highest BCUT2D eigenvalue weighted by atomic mass is 15.2. The molecular weight excluding hydrogens is 344 g/mol. The first-order valence-electron chi connectivity index (χ1n) is 10.6. The summed E-state index contributed by atoms with van der Waals surface area (Å²) in [7, 11) is 1.88. The summed E-state index contributed by atoms with van der Waals surface area (Å²) >= 11 is 0. The van der Waals surface area contributed by atoms with E-state index in [4.69, 9.17) is 0 Å². The Hall–Kier alpha value is -2.49. The quantitative estimate of drug-likeness (QED) is 0.594. The first-order valence-corrected chi connectivity index (χ1v) is 10.6. The van der Waals surface area contributed by atoms with Crippen LogP contribution in [0.15, 0.2) is 65.7 Å². The number of nitrogens with one attached hydrogen (secondary N) is 2. The van der Waals surface area contributed by atoms with Gasteiger partial charge in [0.15, 0.2) is 5.96 Å². The Morgan fingerprint density at radius 2 is 1.64 bits per heavy atom. The molecule has 0 bridgehead atoms. The molecule has 4 rings (SSSR count). The van der Waals surface area contributed by atoms with Gasteiger partial charge in [0.2, 0.25) is 0 Å². The molecule has 0 amide bonds. The second kappa shape index (κ2) is 8.68. The molecule has 0 aromatic heterocycles. The van der Waals surface area contributed by atoms with Crippen molar-refractivity contribution in [1.82, 2.24) is 10.6 Å². The number of rotatable bonds is 6. The molecule has 2 aliphatic rings. The summed E-state index contributed by atoms with van der Waals surface area (Å²) in [5.41, 5.74) is 3.19. The van der Waals surface area contributed by atoms with Crippen LogP contribution in [0.1, 0.15) is 31.2 Å². The largest absolute Gasteiger partial charge is 0.371 e. The minimum atomic E-state index is 0.412. The second-order valence-electron chi connectivity index (χ2n) is 8.33. The van der Waals surface area contributed by atoms with E-state index in [0.29, 0.717) is 11.5 Å². The van der Waals surface area contributed by atoms with Gasteiger partial charge in [-0.3, -0.25) is 4.99 Å². The molecule has 28 heavy (non-hydrogen) atoms. The van der Waals surface area contributed by atoms with E-state index in [1.54, 1.807) is 0 Å². The lowest BCUT2D eigenvalue weighted by atomic mass is 9.96. The van der Waals surface area contributed by atoms with Gasteiger partial charge >= 0.3 is 0 Å². The number of anilines is 1. The standard InChI is InChI=1S/C24H32N4/c1-25-23(26-19-24(14-15-24)18-20-8-4-2-5-9-20)27-21-12-16-28(17-13-21)22-10-6-3-7-11-22/h2-11,21H,12-19H2,1H3,(H2,25,26,27). The van der Waals surface area contributed by atoms with Gasteiger partial charge in [-0.1, -0.05) is 48.5 Å². The number of aliphatic imine (C=N–C) groups is 1. The van der Waals surface area contributed by atoms with Gasteiger partial charge in [-0.25, -0.2) is 0 Å². The SMILES string of the molecule is CN=C(NCC1(Cc2ccccc2)CC1)NC1CCN(c2ccccc2)CC1. The molecule has 0 spiro atoms. The Kier molecular flexibility index (Phi) is 5.84. The van der Waals surface area contributed by atoms with E-state index in [2.05, 4.69) is 81.2 Å². The summed E-state index contributed by atoms with van der Waals surface area (Å²) in [6.07, 6.45) is 6.06. The minimum Gasteiger partial charge on any atom is -0.371 e. The van der Waals surface area contributed by atoms with Gasteiger partial charge in [0.25, 0.3) is 0 Å². The van der Waals surface area contributed by atoms with Crippen molar-refractivity contribution >= 4 is 11.6 Å². The molecule has 2 fully saturated rings. The molecule has 1 heterocycles. The van der Waals surface area contributed by atoms with Crippen LogP contribution in [0.4, 0.5) is 5.69 Å². The van der Waals surface area contributed by atoms with Crippen molar-refractivity contribution in [2.45, 2.75) is 38.1 Å². The van der Waals surface area contributed by atoms with Gasteiger partial charge in [-0.2, -0.15) is 0 Å². The average Bonchev–Trinajstić information content (AvgIpc) is 3.52.